The first-order valence-electron chi connectivity index (χ1n) is 12.4. The topological polar surface area (TPSA) is 81.8 Å². The molecule has 1 aromatic heterocycles. The number of piperidine rings is 2. The van der Waals surface area contributed by atoms with E-state index in [2.05, 4.69) is 15.1 Å². The number of para-hydroxylation sites is 1. The molecule has 0 aliphatic carbocycles. The van der Waals surface area contributed by atoms with E-state index in [-0.39, 0.29) is 24.2 Å². The van der Waals surface area contributed by atoms with Gasteiger partial charge in [0, 0.05) is 44.6 Å². The Balaban J connectivity index is 1.30. The number of carbonyl (C=O) groups excluding carboxylic acids is 2. The smallest absolute Gasteiger partial charge is 0.229 e. The number of anilines is 1. The lowest BCUT2D eigenvalue weighted by Gasteiger charge is -2.46. The van der Waals surface area contributed by atoms with Crippen LogP contribution in [0.15, 0.2) is 24.3 Å². The second kappa shape index (κ2) is 9.81. The van der Waals surface area contributed by atoms with E-state index >= 15 is 0 Å². The van der Waals surface area contributed by atoms with Crippen LogP contribution in [0.2, 0.25) is 0 Å². The number of amides is 2. The van der Waals surface area contributed by atoms with Crippen molar-refractivity contribution in [3.8, 4) is 0 Å². The van der Waals surface area contributed by atoms with Gasteiger partial charge in [-0.15, -0.1) is 0 Å². The van der Waals surface area contributed by atoms with Gasteiger partial charge in [0.1, 0.15) is 0 Å². The van der Waals surface area contributed by atoms with Crippen LogP contribution in [-0.2, 0) is 14.3 Å². The number of rotatable bonds is 7. The fourth-order valence-electron chi connectivity index (χ4n) is 6.06. The average Bonchev–Trinajstić information content (AvgIpc) is 3.44. The second-order valence-corrected chi connectivity index (χ2v) is 9.78. The van der Waals surface area contributed by atoms with Crippen molar-refractivity contribution < 1.29 is 14.3 Å². The summed E-state index contributed by atoms with van der Waals surface area (Å²) in [5.74, 6) is 0.836. The highest BCUT2D eigenvalue weighted by molar-refractivity contribution is 6.05. The van der Waals surface area contributed by atoms with Crippen molar-refractivity contribution in [2.24, 2.45) is 11.8 Å². The number of aromatic nitrogens is 2. The summed E-state index contributed by atoms with van der Waals surface area (Å²) in [5, 5.41) is 8.30. The van der Waals surface area contributed by atoms with Gasteiger partial charge in [-0.2, -0.15) is 5.10 Å². The highest BCUT2D eigenvalue weighted by Crippen LogP contribution is 2.33. The first-order valence-corrected chi connectivity index (χ1v) is 12.4. The van der Waals surface area contributed by atoms with E-state index < -0.39 is 0 Å². The average molecular weight is 454 g/mol. The first kappa shape index (κ1) is 22.3. The Labute approximate surface area is 195 Å². The van der Waals surface area contributed by atoms with E-state index in [4.69, 9.17) is 4.74 Å². The van der Waals surface area contributed by atoms with Gasteiger partial charge in [-0.05, 0) is 56.8 Å². The van der Waals surface area contributed by atoms with Gasteiger partial charge in [0.15, 0.2) is 5.82 Å². The van der Waals surface area contributed by atoms with E-state index in [0.717, 1.165) is 17.4 Å². The zero-order valence-electron chi connectivity index (χ0n) is 19.5. The molecule has 1 N–H and O–H groups in total. The van der Waals surface area contributed by atoms with Gasteiger partial charge >= 0.3 is 0 Å². The van der Waals surface area contributed by atoms with Gasteiger partial charge in [0.25, 0.3) is 0 Å². The predicted molar refractivity (Wildman–Crippen MR) is 127 cm³/mol. The van der Waals surface area contributed by atoms with Crippen LogP contribution >= 0.6 is 0 Å². The summed E-state index contributed by atoms with van der Waals surface area (Å²) in [6.45, 7) is 4.62. The number of hydrogen-bond acceptors (Lipinski definition) is 5. The molecule has 1 aromatic carbocycles. The number of nitrogens with one attached hydrogen (secondary N) is 1. The molecule has 3 atom stereocenters. The lowest BCUT2D eigenvalue weighted by molar-refractivity contribution is -0.137. The maximum atomic E-state index is 13.7. The van der Waals surface area contributed by atoms with Crippen molar-refractivity contribution in [2.45, 2.75) is 44.6 Å². The summed E-state index contributed by atoms with van der Waals surface area (Å²) >= 11 is 0. The van der Waals surface area contributed by atoms with Crippen LogP contribution < -0.4 is 4.90 Å². The van der Waals surface area contributed by atoms with Crippen molar-refractivity contribution in [3.63, 3.8) is 0 Å². The molecule has 33 heavy (non-hydrogen) atoms. The Kier molecular flexibility index (Phi) is 6.64. The summed E-state index contributed by atoms with van der Waals surface area (Å²) in [7, 11) is 1.68. The highest BCUT2D eigenvalue weighted by Gasteiger charge is 2.40. The van der Waals surface area contributed by atoms with E-state index in [1.807, 2.05) is 29.2 Å². The van der Waals surface area contributed by atoms with Crippen molar-refractivity contribution in [1.82, 2.24) is 20.0 Å². The largest absolute Gasteiger partial charge is 0.383 e. The second-order valence-electron chi connectivity index (χ2n) is 9.78. The van der Waals surface area contributed by atoms with Gasteiger partial charge in [-0.3, -0.25) is 19.6 Å². The Morgan fingerprint density at radius 3 is 2.94 bits per heavy atom. The van der Waals surface area contributed by atoms with Gasteiger partial charge in [-0.1, -0.05) is 18.6 Å². The lowest BCUT2D eigenvalue weighted by atomic mass is 9.83. The molecule has 3 fully saturated rings. The molecule has 8 nitrogen and oxygen atoms in total. The summed E-state index contributed by atoms with van der Waals surface area (Å²) in [6.07, 6.45) is 6.43. The van der Waals surface area contributed by atoms with Gasteiger partial charge in [-0.25, -0.2) is 0 Å². The van der Waals surface area contributed by atoms with Crippen molar-refractivity contribution >= 4 is 28.5 Å². The van der Waals surface area contributed by atoms with Crippen molar-refractivity contribution in [3.05, 3.63) is 24.3 Å². The normalized spacial score (nSPS) is 26.0. The molecule has 0 saturated carbocycles. The Morgan fingerprint density at radius 2 is 2.06 bits per heavy atom. The van der Waals surface area contributed by atoms with E-state index in [1.165, 1.54) is 45.2 Å². The molecule has 3 saturated heterocycles. The summed E-state index contributed by atoms with van der Waals surface area (Å²) in [6, 6.07) is 8.37. The number of aromatic amines is 1. The van der Waals surface area contributed by atoms with Crippen molar-refractivity contribution in [2.75, 3.05) is 51.3 Å². The number of benzene rings is 1. The summed E-state index contributed by atoms with van der Waals surface area (Å²) in [4.78, 5) is 32.9. The maximum Gasteiger partial charge on any atom is 0.229 e. The molecular weight excluding hydrogens is 418 g/mol. The molecule has 0 radical (unpaired) electrons. The van der Waals surface area contributed by atoms with Gasteiger partial charge in [0.05, 0.1) is 18.0 Å². The molecule has 8 heteroatoms. The molecular formula is C25H35N5O3. The number of methoxy groups -OCH3 is 1. The van der Waals surface area contributed by atoms with Gasteiger partial charge in [0.2, 0.25) is 11.8 Å². The van der Waals surface area contributed by atoms with Crippen LogP contribution in [0.25, 0.3) is 10.9 Å². The number of fused-ring (bicyclic) bond motifs is 2. The zero-order valence-corrected chi connectivity index (χ0v) is 19.5. The van der Waals surface area contributed by atoms with E-state index in [0.29, 0.717) is 37.5 Å². The standard InChI is InChI=1S/C25H35N5O3/c1-33-14-13-29(16-18-7-6-12-28-11-5-4-10-22(18)28)25(32)19-15-23(31)30(17-19)24-20-8-2-3-9-21(20)26-27-24/h2-3,8-9,18-19,22H,4-7,10-17H2,1H3,(H,26,27)/t18-,19+,22+/m0/s1. The first-order chi connectivity index (χ1) is 16.2. The molecule has 178 valence electrons. The summed E-state index contributed by atoms with van der Waals surface area (Å²) in [5.41, 5.74) is 0.895. The molecule has 2 aromatic rings. The fourth-order valence-corrected chi connectivity index (χ4v) is 6.06. The van der Waals surface area contributed by atoms with E-state index in [9.17, 15) is 9.59 Å². The maximum absolute atomic E-state index is 13.7. The third-order valence-electron chi connectivity index (χ3n) is 7.74. The van der Waals surface area contributed by atoms with E-state index in [1.54, 1.807) is 12.0 Å². The molecule has 3 aliphatic heterocycles. The Morgan fingerprint density at radius 1 is 1.21 bits per heavy atom. The minimum atomic E-state index is -0.337. The minimum Gasteiger partial charge on any atom is -0.383 e. The molecule has 0 unspecified atom stereocenters. The predicted octanol–water partition coefficient (Wildman–Crippen LogP) is 2.66. The minimum absolute atomic E-state index is 0.0339. The molecule has 0 bridgehead atoms. The fraction of sp³-hybridized carbons (Fsp3) is 0.640. The molecule has 2 amide bonds. The van der Waals surface area contributed by atoms with Crippen LogP contribution in [-0.4, -0.2) is 84.3 Å². The highest BCUT2D eigenvalue weighted by atomic mass is 16.5. The quantitative estimate of drug-likeness (QED) is 0.697. The zero-order chi connectivity index (χ0) is 22.8. The Hall–Kier alpha value is -2.45. The number of hydrogen-bond donors (Lipinski definition) is 1. The van der Waals surface area contributed by atoms with Crippen LogP contribution in [0.3, 0.4) is 0 Å². The third-order valence-corrected chi connectivity index (χ3v) is 7.74. The monoisotopic (exact) mass is 453 g/mol. The number of nitrogens with zero attached hydrogens (tertiary/aromatic N) is 4. The van der Waals surface area contributed by atoms with Crippen LogP contribution in [0.1, 0.15) is 38.5 Å². The molecule has 3 aliphatic rings. The molecule has 4 heterocycles. The Bertz CT molecular complexity index is 989. The summed E-state index contributed by atoms with van der Waals surface area (Å²) < 4.78 is 5.33. The number of H-pyrrole nitrogens is 1. The number of carbonyl (C=O) groups is 2. The SMILES string of the molecule is COCCN(C[C@@H]1CCCN2CCCC[C@H]12)C(=O)[C@@H]1CC(=O)N(c2n[nH]c3ccccc23)C1. The molecule has 5 rings (SSSR count). The third kappa shape index (κ3) is 4.51. The van der Waals surface area contributed by atoms with Crippen LogP contribution in [0.5, 0.6) is 0 Å². The van der Waals surface area contributed by atoms with Gasteiger partial charge < -0.3 is 14.5 Å². The number of ether oxygens (including phenoxy) is 1. The van der Waals surface area contributed by atoms with Crippen LogP contribution in [0, 0.1) is 11.8 Å². The van der Waals surface area contributed by atoms with Crippen LogP contribution in [0.4, 0.5) is 5.82 Å². The lowest BCUT2D eigenvalue weighted by Crippen LogP contribution is -2.52. The van der Waals surface area contributed by atoms with Crippen molar-refractivity contribution in [1.29, 1.82) is 0 Å². The molecule has 0 spiro atoms.